The predicted octanol–water partition coefficient (Wildman–Crippen LogP) is 1.66. The van der Waals surface area contributed by atoms with Crippen LogP contribution in [0.2, 0.25) is 0 Å². The molecular formula is C12H16ClNO2S. The maximum absolute atomic E-state index is 11.9. The number of nitrogens with zero attached hydrogens (tertiary/aromatic N) is 1. The van der Waals surface area contributed by atoms with Crippen LogP contribution >= 0.6 is 11.6 Å². The molecule has 1 aliphatic heterocycles. The summed E-state index contributed by atoms with van der Waals surface area (Å²) in [7, 11) is -3.17. The van der Waals surface area contributed by atoms with Crippen molar-refractivity contribution in [1.29, 1.82) is 0 Å². The van der Waals surface area contributed by atoms with E-state index in [2.05, 4.69) is 12.1 Å². The Balaban J connectivity index is 2.14. The van der Waals surface area contributed by atoms with Crippen molar-refractivity contribution in [3.05, 3.63) is 35.4 Å². The normalized spacial score (nSPS) is 17.5. The highest BCUT2D eigenvalue weighted by Crippen LogP contribution is 2.17. The number of sulfonamides is 1. The van der Waals surface area contributed by atoms with Crippen LogP contribution in [0.3, 0.4) is 0 Å². The molecule has 0 N–H and O–H groups in total. The van der Waals surface area contributed by atoms with Gasteiger partial charge in [-0.25, -0.2) is 12.7 Å². The lowest BCUT2D eigenvalue weighted by molar-refractivity contribution is 0.428. The number of alkyl halides is 1. The van der Waals surface area contributed by atoms with Crippen LogP contribution in [0.15, 0.2) is 24.3 Å². The lowest BCUT2D eigenvalue weighted by atomic mass is 10.0. The number of halogens is 1. The Hall–Kier alpha value is -0.580. The van der Waals surface area contributed by atoms with E-state index >= 15 is 0 Å². The quantitative estimate of drug-likeness (QED) is 0.786. The van der Waals surface area contributed by atoms with E-state index in [-0.39, 0.29) is 11.6 Å². The molecule has 17 heavy (non-hydrogen) atoms. The van der Waals surface area contributed by atoms with Gasteiger partial charge in [-0.15, -0.1) is 11.6 Å². The zero-order valence-corrected chi connectivity index (χ0v) is 11.2. The minimum Gasteiger partial charge on any atom is -0.212 e. The molecule has 1 heterocycles. The molecule has 0 amide bonds. The van der Waals surface area contributed by atoms with Crippen molar-refractivity contribution < 1.29 is 8.42 Å². The number of fused-ring (bicyclic) bond motifs is 1. The Morgan fingerprint density at radius 1 is 1.12 bits per heavy atom. The van der Waals surface area contributed by atoms with E-state index in [1.807, 2.05) is 12.1 Å². The first-order chi connectivity index (χ1) is 8.13. The van der Waals surface area contributed by atoms with Gasteiger partial charge in [0.05, 0.1) is 5.75 Å². The fraction of sp³-hybridized carbons (Fsp3) is 0.500. The summed E-state index contributed by atoms with van der Waals surface area (Å²) in [6.45, 7) is 1.13. The molecule has 0 radical (unpaired) electrons. The van der Waals surface area contributed by atoms with Crippen LogP contribution in [0.25, 0.3) is 0 Å². The minimum absolute atomic E-state index is 0.0326. The SMILES string of the molecule is O=S(=O)(CCCl)N1CCc2ccccc2CC1. The third-order valence-electron chi connectivity index (χ3n) is 3.11. The van der Waals surface area contributed by atoms with E-state index in [1.165, 1.54) is 11.1 Å². The van der Waals surface area contributed by atoms with Gasteiger partial charge in [0.2, 0.25) is 10.0 Å². The molecule has 0 spiro atoms. The van der Waals surface area contributed by atoms with Crippen molar-refractivity contribution in [3.63, 3.8) is 0 Å². The number of benzene rings is 1. The Kier molecular flexibility index (Phi) is 4.07. The smallest absolute Gasteiger partial charge is 0.212 e. The summed E-state index contributed by atoms with van der Waals surface area (Å²) in [5.74, 6) is 0.191. The molecule has 0 saturated carbocycles. The highest BCUT2D eigenvalue weighted by Gasteiger charge is 2.23. The van der Waals surface area contributed by atoms with Crippen LogP contribution in [-0.2, 0) is 22.9 Å². The summed E-state index contributed by atoms with van der Waals surface area (Å²) in [6, 6.07) is 8.16. The van der Waals surface area contributed by atoms with Crippen LogP contribution < -0.4 is 0 Å². The van der Waals surface area contributed by atoms with Gasteiger partial charge < -0.3 is 0 Å². The maximum atomic E-state index is 11.9. The number of hydrogen-bond donors (Lipinski definition) is 0. The van der Waals surface area contributed by atoms with E-state index in [0.29, 0.717) is 13.1 Å². The number of hydrogen-bond acceptors (Lipinski definition) is 2. The highest BCUT2D eigenvalue weighted by atomic mass is 35.5. The molecule has 0 aliphatic carbocycles. The molecule has 0 fully saturated rings. The maximum Gasteiger partial charge on any atom is 0.215 e. The topological polar surface area (TPSA) is 37.4 Å². The molecule has 0 atom stereocenters. The van der Waals surface area contributed by atoms with Crippen molar-refractivity contribution in [1.82, 2.24) is 4.31 Å². The number of rotatable bonds is 3. The second-order valence-corrected chi connectivity index (χ2v) is 6.64. The first-order valence-corrected chi connectivity index (χ1v) is 7.88. The second kappa shape index (κ2) is 5.38. The fourth-order valence-electron chi connectivity index (χ4n) is 2.15. The van der Waals surface area contributed by atoms with E-state index in [0.717, 1.165) is 12.8 Å². The average Bonchev–Trinajstić information content (AvgIpc) is 2.51. The standard InChI is InChI=1S/C12H16ClNO2S/c13-7-10-17(15,16)14-8-5-11-3-1-2-4-12(11)6-9-14/h1-4H,5-10H2. The molecular weight excluding hydrogens is 258 g/mol. The lowest BCUT2D eigenvalue weighted by Gasteiger charge is -2.18. The monoisotopic (exact) mass is 273 g/mol. The molecule has 0 unspecified atom stereocenters. The zero-order valence-electron chi connectivity index (χ0n) is 9.60. The minimum atomic E-state index is -3.17. The van der Waals surface area contributed by atoms with Crippen LogP contribution in [0.1, 0.15) is 11.1 Å². The Bertz CT molecular complexity index is 460. The van der Waals surface area contributed by atoms with Gasteiger partial charge in [0.25, 0.3) is 0 Å². The molecule has 1 aromatic carbocycles. The van der Waals surface area contributed by atoms with Crippen LogP contribution in [0.4, 0.5) is 0 Å². The van der Waals surface area contributed by atoms with Crippen LogP contribution in [0.5, 0.6) is 0 Å². The Morgan fingerprint density at radius 3 is 2.12 bits per heavy atom. The van der Waals surface area contributed by atoms with Gasteiger partial charge in [-0.3, -0.25) is 0 Å². The molecule has 1 aromatic rings. The molecule has 2 rings (SSSR count). The van der Waals surface area contributed by atoms with Crippen molar-refractivity contribution in [3.8, 4) is 0 Å². The summed E-state index contributed by atoms with van der Waals surface area (Å²) in [5, 5.41) is 0. The van der Waals surface area contributed by atoms with E-state index in [4.69, 9.17) is 11.6 Å². The zero-order chi connectivity index (χ0) is 12.3. The molecule has 1 aliphatic rings. The van der Waals surface area contributed by atoms with Crippen molar-refractivity contribution in [2.24, 2.45) is 0 Å². The Labute approximate surface area is 107 Å². The molecule has 0 aromatic heterocycles. The lowest BCUT2D eigenvalue weighted by Crippen LogP contribution is -2.35. The van der Waals surface area contributed by atoms with Gasteiger partial charge >= 0.3 is 0 Å². The molecule has 0 bridgehead atoms. The molecule has 94 valence electrons. The third-order valence-corrected chi connectivity index (χ3v) is 5.39. The fourth-order valence-corrected chi connectivity index (χ4v) is 3.93. The summed E-state index contributed by atoms with van der Waals surface area (Å²) < 4.78 is 25.4. The second-order valence-electron chi connectivity index (χ2n) is 4.17. The summed E-state index contributed by atoms with van der Waals surface area (Å²) in [5.41, 5.74) is 2.52. The van der Waals surface area contributed by atoms with Gasteiger partial charge in [0.15, 0.2) is 0 Å². The highest BCUT2D eigenvalue weighted by molar-refractivity contribution is 7.89. The summed E-state index contributed by atoms with van der Waals surface area (Å²) in [4.78, 5) is 0. The molecule has 3 nitrogen and oxygen atoms in total. The van der Waals surface area contributed by atoms with Crippen molar-refractivity contribution in [2.75, 3.05) is 24.7 Å². The third kappa shape index (κ3) is 3.00. The van der Waals surface area contributed by atoms with E-state index in [9.17, 15) is 8.42 Å². The van der Waals surface area contributed by atoms with Gasteiger partial charge in [0, 0.05) is 19.0 Å². The van der Waals surface area contributed by atoms with E-state index in [1.54, 1.807) is 4.31 Å². The van der Waals surface area contributed by atoms with Gasteiger partial charge in [-0.1, -0.05) is 24.3 Å². The average molecular weight is 274 g/mol. The van der Waals surface area contributed by atoms with Gasteiger partial charge in [0.1, 0.15) is 0 Å². The van der Waals surface area contributed by atoms with E-state index < -0.39 is 10.0 Å². The largest absolute Gasteiger partial charge is 0.215 e. The van der Waals surface area contributed by atoms with Gasteiger partial charge in [-0.05, 0) is 24.0 Å². The van der Waals surface area contributed by atoms with Crippen molar-refractivity contribution in [2.45, 2.75) is 12.8 Å². The van der Waals surface area contributed by atoms with Crippen LogP contribution in [-0.4, -0.2) is 37.4 Å². The first-order valence-electron chi connectivity index (χ1n) is 5.74. The first kappa shape index (κ1) is 12.9. The Morgan fingerprint density at radius 2 is 1.65 bits per heavy atom. The van der Waals surface area contributed by atoms with Crippen molar-refractivity contribution >= 4 is 21.6 Å². The summed E-state index contributed by atoms with van der Waals surface area (Å²) in [6.07, 6.45) is 1.58. The molecule has 0 saturated heterocycles. The predicted molar refractivity (Wildman–Crippen MR) is 69.9 cm³/mol. The molecule has 5 heteroatoms. The van der Waals surface area contributed by atoms with Crippen LogP contribution in [0, 0.1) is 0 Å². The van der Waals surface area contributed by atoms with Gasteiger partial charge in [-0.2, -0.15) is 0 Å². The summed E-state index contributed by atoms with van der Waals surface area (Å²) >= 11 is 5.53.